The molecule has 3 saturated carbocycles. The fourth-order valence-electron chi connectivity index (χ4n) is 7.64. The first-order valence-corrected chi connectivity index (χ1v) is 14.9. The van der Waals surface area contributed by atoms with Gasteiger partial charge in [-0.25, -0.2) is 4.79 Å². The van der Waals surface area contributed by atoms with Gasteiger partial charge < -0.3 is 9.84 Å². The zero-order valence-corrected chi connectivity index (χ0v) is 24.3. The predicted molar refractivity (Wildman–Crippen MR) is 149 cm³/mol. The summed E-state index contributed by atoms with van der Waals surface area (Å²) in [5.74, 6) is 0.932. The molecule has 1 unspecified atom stereocenters. The van der Waals surface area contributed by atoms with Gasteiger partial charge in [0.15, 0.2) is 0 Å². The van der Waals surface area contributed by atoms with E-state index in [4.69, 9.17) is 9.57 Å². The number of hydrogen-bond donors (Lipinski definition) is 1. The van der Waals surface area contributed by atoms with Crippen molar-refractivity contribution in [3.63, 3.8) is 0 Å². The largest absolute Gasteiger partial charge is 0.534 e. The van der Waals surface area contributed by atoms with Gasteiger partial charge in [-0.1, -0.05) is 61.6 Å². The normalized spacial score (nSPS) is 32.6. The van der Waals surface area contributed by atoms with E-state index in [2.05, 4.69) is 32.6 Å². The summed E-state index contributed by atoms with van der Waals surface area (Å²) in [6.45, 7) is 13.0. The van der Waals surface area contributed by atoms with Crippen LogP contribution in [0.4, 0.5) is 4.79 Å². The van der Waals surface area contributed by atoms with Gasteiger partial charge in [0.25, 0.3) is 11.8 Å². The molecule has 4 rings (SSSR count). The zero-order chi connectivity index (χ0) is 28.4. The number of rotatable bonds is 8. The number of imide groups is 1. The van der Waals surface area contributed by atoms with Crippen molar-refractivity contribution in [2.75, 3.05) is 0 Å². The highest BCUT2D eigenvalue weighted by Crippen LogP contribution is 2.60. The molecule has 0 aromatic carbocycles. The second-order valence-electron chi connectivity index (χ2n) is 13.2. The van der Waals surface area contributed by atoms with Crippen molar-refractivity contribution < 1.29 is 29.1 Å². The average Bonchev–Trinajstić information content (AvgIpc) is 3.37. The Kier molecular flexibility index (Phi) is 9.09. The van der Waals surface area contributed by atoms with Crippen molar-refractivity contribution in [1.29, 1.82) is 0 Å². The summed E-state index contributed by atoms with van der Waals surface area (Å²) in [7, 11) is 0. The molecule has 3 aliphatic carbocycles. The van der Waals surface area contributed by atoms with Crippen molar-refractivity contribution >= 4 is 18.0 Å². The Hall–Kier alpha value is -2.41. The van der Waals surface area contributed by atoms with E-state index in [1.807, 2.05) is 13.8 Å². The number of aliphatic hydroxyl groups is 1. The van der Waals surface area contributed by atoms with Crippen LogP contribution in [0, 0.1) is 23.2 Å². The molecule has 4 aliphatic rings. The third-order valence-corrected chi connectivity index (χ3v) is 9.78. The standard InChI is InChI=1S/C32H47NO6/c1-21-10-13-25(38-30(36)39-33-28(34)16-17-29(33)35)20-24(21)12-11-23-9-7-19-32(5)26(14-15-27(23)32)22(2)8-6-18-31(3,4)37/h11-12,22,25-27,37H,1,6-10,13-20H2,2-5H3/b23-11+,24-12-/t22-,25+,26-,27+,32?/m1/s1. The molecule has 0 bridgehead atoms. The lowest BCUT2D eigenvalue weighted by Gasteiger charge is -2.44. The van der Waals surface area contributed by atoms with Crippen LogP contribution in [0.5, 0.6) is 0 Å². The maximum Gasteiger partial charge on any atom is 0.534 e. The molecular weight excluding hydrogens is 494 g/mol. The van der Waals surface area contributed by atoms with Crippen LogP contribution in [0.3, 0.4) is 0 Å². The van der Waals surface area contributed by atoms with E-state index in [-0.39, 0.29) is 18.9 Å². The monoisotopic (exact) mass is 541 g/mol. The summed E-state index contributed by atoms with van der Waals surface area (Å²) < 4.78 is 5.47. The van der Waals surface area contributed by atoms with Crippen molar-refractivity contribution in [3.8, 4) is 0 Å². The van der Waals surface area contributed by atoms with Crippen LogP contribution < -0.4 is 0 Å². The number of hydrogen-bond acceptors (Lipinski definition) is 6. The zero-order valence-electron chi connectivity index (χ0n) is 24.3. The first-order valence-electron chi connectivity index (χ1n) is 14.9. The quantitative estimate of drug-likeness (QED) is 0.264. The lowest BCUT2D eigenvalue weighted by molar-refractivity contribution is -0.178. The Labute approximate surface area is 233 Å². The average molecular weight is 542 g/mol. The molecule has 0 aromatic heterocycles. The summed E-state index contributed by atoms with van der Waals surface area (Å²) in [5.41, 5.74) is 3.41. The Bertz CT molecular complexity index is 1020. The number of allylic oxidation sites excluding steroid dienone is 4. The highest BCUT2D eigenvalue weighted by Gasteiger charge is 2.50. The molecule has 0 radical (unpaired) electrons. The van der Waals surface area contributed by atoms with Crippen LogP contribution in [-0.4, -0.2) is 39.8 Å². The van der Waals surface area contributed by atoms with Gasteiger partial charge in [-0.05, 0) is 94.0 Å². The molecule has 0 spiro atoms. The number of ether oxygens (including phenoxy) is 1. The topological polar surface area (TPSA) is 93.1 Å². The minimum absolute atomic E-state index is 0.0542. The van der Waals surface area contributed by atoms with Crippen molar-refractivity contribution in [3.05, 3.63) is 35.5 Å². The van der Waals surface area contributed by atoms with Gasteiger partial charge in [0.1, 0.15) is 6.10 Å². The molecule has 1 heterocycles. The molecule has 7 heteroatoms. The Balaban J connectivity index is 1.37. The van der Waals surface area contributed by atoms with Crippen LogP contribution in [0.2, 0.25) is 0 Å². The lowest BCUT2D eigenvalue weighted by atomic mass is 9.60. The fraction of sp³-hybridized carbons (Fsp3) is 0.719. The van der Waals surface area contributed by atoms with Crippen LogP contribution in [0.25, 0.3) is 0 Å². The summed E-state index contributed by atoms with van der Waals surface area (Å²) in [6.07, 6.45) is 14.3. The van der Waals surface area contributed by atoms with E-state index in [1.165, 1.54) is 37.7 Å². The van der Waals surface area contributed by atoms with Gasteiger partial charge in [-0.15, -0.1) is 0 Å². The maximum absolute atomic E-state index is 12.3. The molecule has 5 atom stereocenters. The minimum atomic E-state index is -1.01. The molecule has 216 valence electrons. The number of hydroxylamine groups is 2. The number of amides is 2. The second-order valence-corrected chi connectivity index (χ2v) is 13.2. The molecule has 1 aliphatic heterocycles. The van der Waals surface area contributed by atoms with Crippen molar-refractivity contribution in [2.45, 2.75) is 123 Å². The molecule has 2 amide bonds. The molecule has 39 heavy (non-hydrogen) atoms. The summed E-state index contributed by atoms with van der Waals surface area (Å²) in [6, 6.07) is 0. The summed E-state index contributed by atoms with van der Waals surface area (Å²) in [4.78, 5) is 40.6. The molecule has 1 N–H and O–H groups in total. The predicted octanol–water partition coefficient (Wildman–Crippen LogP) is 6.96. The maximum atomic E-state index is 12.3. The fourth-order valence-corrected chi connectivity index (χ4v) is 7.64. The second kappa shape index (κ2) is 12.0. The van der Waals surface area contributed by atoms with Gasteiger partial charge in [0.05, 0.1) is 5.60 Å². The van der Waals surface area contributed by atoms with Crippen LogP contribution in [0.1, 0.15) is 111 Å². The van der Waals surface area contributed by atoms with E-state index >= 15 is 0 Å². The first-order chi connectivity index (χ1) is 18.4. The van der Waals surface area contributed by atoms with Gasteiger partial charge in [0, 0.05) is 19.3 Å². The molecule has 4 fully saturated rings. The third-order valence-electron chi connectivity index (χ3n) is 9.78. The number of nitrogens with zero attached hydrogens (tertiary/aromatic N) is 1. The Morgan fingerprint density at radius 3 is 2.56 bits per heavy atom. The Morgan fingerprint density at radius 2 is 1.87 bits per heavy atom. The molecule has 7 nitrogen and oxygen atoms in total. The minimum Gasteiger partial charge on any atom is -0.429 e. The van der Waals surface area contributed by atoms with Crippen LogP contribution in [0.15, 0.2) is 35.5 Å². The number of carbonyl (C=O) groups excluding carboxylic acids is 3. The number of fused-ring (bicyclic) bond motifs is 1. The van der Waals surface area contributed by atoms with E-state index in [0.717, 1.165) is 36.8 Å². The van der Waals surface area contributed by atoms with E-state index in [9.17, 15) is 19.5 Å². The van der Waals surface area contributed by atoms with Gasteiger partial charge in [0.2, 0.25) is 0 Å². The summed E-state index contributed by atoms with van der Waals surface area (Å²) in [5, 5.41) is 10.6. The van der Waals surface area contributed by atoms with Crippen molar-refractivity contribution in [1.82, 2.24) is 5.06 Å². The third kappa shape index (κ3) is 7.03. The molecule has 0 aromatic rings. The molecular formula is C32H47NO6. The van der Waals surface area contributed by atoms with E-state index in [1.54, 1.807) is 0 Å². The van der Waals surface area contributed by atoms with Gasteiger partial charge in [-0.3, -0.25) is 14.4 Å². The number of carbonyl (C=O) groups is 3. The first kappa shape index (κ1) is 29.6. The SMILES string of the molecule is C=C1CC[C@H](OC(=O)ON2C(=O)CCC2=O)C/C1=C/C=C1\CCCC2(C)[C@@H]([C@H](C)CCCC(C)(C)O)CC[C@@H]12. The summed E-state index contributed by atoms with van der Waals surface area (Å²) >= 11 is 0. The Morgan fingerprint density at radius 1 is 1.15 bits per heavy atom. The highest BCUT2D eigenvalue weighted by molar-refractivity contribution is 6.01. The van der Waals surface area contributed by atoms with Gasteiger partial charge in [-0.2, -0.15) is 0 Å². The highest BCUT2D eigenvalue weighted by atomic mass is 16.8. The van der Waals surface area contributed by atoms with Crippen LogP contribution in [-0.2, 0) is 19.2 Å². The van der Waals surface area contributed by atoms with E-state index in [0.29, 0.717) is 41.1 Å². The van der Waals surface area contributed by atoms with Crippen LogP contribution >= 0.6 is 0 Å². The lowest BCUT2D eigenvalue weighted by Crippen LogP contribution is -2.36. The smallest absolute Gasteiger partial charge is 0.429 e. The molecule has 1 saturated heterocycles. The van der Waals surface area contributed by atoms with Gasteiger partial charge >= 0.3 is 6.16 Å². The van der Waals surface area contributed by atoms with Crippen molar-refractivity contribution in [2.24, 2.45) is 23.2 Å². The van der Waals surface area contributed by atoms with E-state index < -0.39 is 23.6 Å².